The van der Waals surface area contributed by atoms with Gasteiger partial charge in [0.25, 0.3) is 0 Å². The first-order valence-corrected chi connectivity index (χ1v) is 7.61. The van der Waals surface area contributed by atoms with Crippen LogP contribution < -0.4 is 10.1 Å². The molecule has 2 heterocycles. The number of carbonyl (C=O) groups is 1. The Balaban J connectivity index is 1.65. The second kappa shape index (κ2) is 6.52. The lowest BCUT2D eigenvalue weighted by Crippen LogP contribution is -2.14. The highest BCUT2D eigenvalue weighted by Gasteiger charge is 2.08. The van der Waals surface area contributed by atoms with Crippen molar-refractivity contribution >= 4 is 17.2 Å². The lowest BCUT2D eigenvalue weighted by atomic mass is 10.2. The lowest BCUT2D eigenvalue weighted by molar-refractivity contribution is -0.115. The summed E-state index contributed by atoms with van der Waals surface area (Å²) in [4.78, 5) is 16.6. The van der Waals surface area contributed by atoms with Crippen molar-refractivity contribution in [1.29, 1.82) is 0 Å². The number of imidazole rings is 1. The smallest absolute Gasteiger partial charge is 0.230 e. The molecule has 1 N–H and O–H groups in total. The van der Waals surface area contributed by atoms with Crippen molar-refractivity contribution in [3.05, 3.63) is 60.0 Å². The van der Waals surface area contributed by atoms with Crippen molar-refractivity contribution in [1.82, 2.24) is 9.38 Å². The summed E-state index contributed by atoms with van der Waals surface area (Å²) in [6.45, 7) is 4.58. The minimum absolute atomic E-state index is 0.0886. The van der Waals surface area contributed by atoms with Gasteiger partial charge in [-0.25, -0.2) is 4.98 Å². The molecule has 23 heavy (non-hydrogen) atoms. The number of benzene rings is 1. The number of ether oxygens (including phenoxy) is 1. The molecule has 0 aliphatic rings. The molecule has 1 amide bonds. The fourth-order valence-electron chi connectivity index (χ4n) is 2.39. The molecule has 0 radical (unpaired) electrons. The standard InChI is InChI=1S/C18H19N3O2/c1-3-23-16-6-4-14(5-7-16)20-18(22)11-15-12-21-9-8-13(2)10-17(21)19-15/h4-10,12H,3,11H2,1-2H3,(H,20,22). The number of hydrogen-bond donors (Lipinski definition) is 1. The maximum Gasteiger partial charge on any atom is 0.230 e. The van der Waals surface area contributed by atoms with E-state index in [4.69, 9.17) is 4.74 Å². The summed E-state index contributed by atoms with van der Waals surface area (Å²) in [5, 5.41) is 2.87. The number of pyridine rings is 1. The molecule has 5 nitrogen and oxygen atoms in total. The van der Waals surface area contributed by atoms with Crippen molar-refractivity contribution in [2.45, 2.75) is 20.3 Å². The van der Waals surface area contributed by atoms with Crippen LogP contribution in [0.4, 0.5) is 5.69 Å². The summed E-state index contributed by atoms with van der Waals surface area (Å²) < 4.78 is 7.30. The van der Waals surface area contributed by atoms with Crippen LogP contribution in [-0.4, -0.2) is 21.9 Å². The maximum absolute atomic E-state index is 12.1. The van der Waals surface area contributed by atoms with E-state index in [1.807, 2.05) is 67.0 Å². The minimum atomic E-state index is -0.0886. The predicted octanol–water partition coefficient (Wildman–Crippen LogP) is 3.22. The van der Waals surface area contributed by atoms with Gasteiger partial charge >= 0.3 is 0 Å². The van der Waals surface area contributed by atoms with E-state index in [0.29, 0.717) is 6.61 Å². The number of amides is 1. The Morgan fingerprint density at radius 3 is 2.78 bits per heavy atom. The summed E-state index contributed by atoms with van der Waals surface area (Å²) >= 11 is 0. The maximum atomic E-state index is 12.1. The van der Waals surface area contributed by atoms with E-state index in [0.717, 1.165) is 28.3 Å². The first-order chi connectivity index (χ1) is 11.1. The van der Waals surface area contributed by atoms with Crippen LogP contribution in [0.3, 0.4) is 0 Å². The van der Waals surface area contributed by atoms with Crippen LogP contribution in [0.1, 0.15) is 18.2 Å². The molecule has 0 bridgehead atoms. The first kappa shape index (κ1) is 15.1. The highest BCUT2D eigenvalue weighted by atomic mass is 16.5. The van der Waals surface area contributed by atoms with Crippen LogP contribution in [0.5, 0.6) is 5.75 Å². The van der Waals surface area contributed by atoms with Crippen molar-refractivity contribution in [3.8, 4) is 5.75 Å². The summed E-state index contributed by atoms with van der Waals surface area (Å²) in [5.41, 5.74) is 3.50. The lowest BCUT2D eigenvalue weighted by Gasteiger charge is -2.06. The van der Waals surface area contributed by atoms with Crippen LogP contribution in [0, 0.1) is 6.92 Å². The molecule has 3 aromatic rings. The number of fused-ring (bicyclic) bond motifs is 1. The van der Waals surface area contributed by atoms with Crippen LogP contribution in [-0.2, 0) is 11.2 Å². The zero-order chi connectivity index (χ0) is 16.2. The topological polar surface area (TPSA) is 55.6 Å². The SMILES string of the molecule is CCOc1ccc(NC(=O)Cc2cn3ccc(C)cc3n2)cc1. The van der Waals surface area contributed by atoms with Gasteiger partial charge in [-0.1, -0.05) is 0 Å². The quantitative estimate of drug-likeness (QED) is 0.787. The van der Waals surface area contributed by atoms with E-state index in [2.05, 4.69) is 10.3 Å². The molecule has 5 heteroatoms. The van der Waals surface area contributed by atoms with Gasteiger partial charge in [0.1, 0.15) is 11.4 Å². The van der Waals surface area contributed by atoms with Crippen LogP contribution >= 0.6 is 0 Å². The second-order valence-corrected chi connectivity index (χ2v) is 5.38. The molecule has 2 aromatic heterocycles. The molecule has 0 atom stereocenters. The van der Waals surface area contributed by atoms with Gasteiger partial charge in [-0.15, -0.1) is 0 Å². The third-order valence-corrected chi connectivity index (χ3v) is 3.46. The number of rotatable bonds is 5. The van der Waals surface area contributed by atoms with Crippen LogP contribution in [0.25, 0.3) is 5.65 Å². The highest BCUT2D eigenvalue weighted by molar-refractivity contribution is 5.92. The van der Waals surface area contributed by atoms with Crippen LogP contribution in [0.15, 0.2) is 48.8 Å². The Bertz CT molecular complexity index is 822. The van der Waals surface area contributed by atoms with Crippen molar-refractivity contribution in [2.75, 3.05) is 11.9 Å². The monoisotopic (exact) mass is 309 g/mol. The Morgan fingerprint density at radius 2 is 2.04 bits per heavy atom. The average Bonchev–Trinajstić information content (AvgIpc) is 2.90. The number of anilines is 1. The molecule has 1 aromatic carbocycles. The van der Waals surface area contributed by atoms with Gasteiger partial charge in [0.15, 0.2) is 0 Å². The normalized spacial score (nSPS) is 10.7. The molecule has 0 aliphatic carbocycles. The number of nitrogens with one attached hydrogen (secondary N) is 1. The van der Waals surface area contributed by atoms with E-state index in [-0.39, 0.29) is 12.3 Å². The first-order valence-electron chi connectivity index (χ1n) is 7.61. The number of carbonyl (C=O) groups excluding carboxylic acids is 1. The predicted molar refractivity (Wildman–Crippen MR) is 89.9 cm³/mol. The van der Waals surface area contributed by atoms with Crippen LogP contribution in [0.2, 0.25) is 0 Å². The van der Waals surface area contributed by atoms with E-state index in [1.54, 1.807) is 0 Å². The summed E-state index contributed by atoms with van der Waals surface area (Å²) in [5.74, 6) is 0.704. The molecule has 118 valence electrons. The number of nitrogens with zero attached hydrogens (tertiary/aromatic N) is 2. The van der Waals surface area contributed by atoms with E-state index in [1.165, 1.54) is 0 Å². The Hall–Kier alpha value is -2.82. The average molecular weight is 309 g/mol. The number of aryl methyl sites for hydroxylation is 1. The van der Waals surface area contributed by atoms with Gasteiger partial charge in [0.2, 0.25) is 5.91 Å². The molecule has 0 unspecified atom stereocenters. The van der Waals surface area contributed by atoms with Crippen molar-refractivity contribution in [2.24, 2.45) is 0 Å². The minimum Gasteiger partial charge on any atom is -0.494 e. The largest absolute Gasteiger partial charge is 0.494 e. The second-order valence-electron chi connectivity index (χ2n) is 5.38. The molecular formula is C18H19N3O2. The zero-order valence-electron chi connectivity index (χ0n) is 13.2. The third kappa shape index (κ3) is 3.69. The molecule has 0 saturated heterocycles. The van der Waals surface area contributed by atoms with Gasteiger partial charge < -0.3 is 14.5 Å². The molecule has 3 rings (SSSR count). The van der Waals surface area contributed by atoms with Gasteiger partial charge in [-0.3, -0.25) is 4.79 Å². The van der Waals surface area contributed by atoms with Gasteiger partial charge in [-0.05, 0) is 55.8 Å². The number of aromatic nitrogens is 2. The van der Waals surface area contributed by atoms with E-state index < -0.39 is 0 Å². The zero-order valence-corrected chi connectivity index (χ0v) is 13.2. The number of hydrogen-bond acceptors (Lipinski definition) is 3. The highest BCUT2D eigenvalue weighted by Crippen LogP contribution is 2.16. The third-order valence-electron chi connectivity index (χ3n) is 3.46. The molecule has 0 fully saturated rings. The molecule has 0 aliphatic heterocycles. The Kier molecular flexibility index (Phi) is 4.28. The van der Waals surface area contributed by atoms with Crippen molar-refractivity contribution < 1.29 is 9.53 Å². The van der Waals surface area contributed by atoms with Gasteiger partial charge in [-0.2, -0.15) is 0 Å². The van der Waals surface area contributed by atoms with Gasteiger partial charge in [0, 0.05) is 18.1 Å². The Labute approximate surface area is 134 Å². The summed E-state index contributed by atoms with van der Waals surface area (Å²) in [6.07, 6.45) is 4.08. The fraction of sp³-hybridized carbons (Fsp3) is 0.222. The molecule has 0 spiro atoms. The van der Waals surface area contributed by atoms with E-state index >= 15 is 0 Å². The van der Waals surface area contributed by atoms with Crippen molar-refractivity contribution in [3.63, 3.8) is 0 Å². The van der Waals surface area contributed by atoms with Gasteiger partial charge in [0.05, 0.1) is 18.7 Å². The molecular weight excluding hydrogens is 290 g/mol. The molecule has 0 saturated carbocycles. The van der Waals surface area contributed by atoms with E-state index in [9.17, 15) is 4.79 Å². The Morgan fingerprint density at radius 1 is 1.26 bits per heavy atom. The fourth-order valence-corrected chi connectivity index (χ4v) is 2.39. The summed E-state index contributed by atoms with van der Waals surface area (Å²) in [7, 11) is 0. The summed E-state index contributed by atoms with van der Waals surface area (Å²) in [6, 6.07) is 11.3.